The fourth-order valence-corrected chi connectivity index (χ4v) is 4.10. The third-order valence-corrected chi connectivity index (χ3v) is 5.35. The normalized spacial score (nSPS) is 33.0. The predicted octanol–water partition coefficient (Wildman–Crippen LogP) is 2.22. The van der Waals surface area contributed by atoms with Crippen LogP contribution in [-0.4, -0.2) is 50.2 Å². The maximum atomic E-state index is 12.4. The second kappa shape index (κ2) is 7.80. The lowest BCUT2D eigenvalue weighted by Crippen LogP contribution is -2.49. The number of hydrogen-bond donors (Lipinski definition) is 1. The molecule has 0 radical (unpaired) electrons. The summed E-state index contributed by atoms with van der Waals surface area (Å²) in [5.74, 6) is 1.09. The predicted molar refractivity (Wildman–Crippen MR) is 85.8 cm³/mol. The molecule has 3 fully saturated rings. The topological polar surface area (TPSA) is 41.6 Å². The Kier molecular flexibility index (Phi) is 6.33. The van der Waals surface area contributed by atoms with Gasteiger partial charge < -0.3 is 15.0 Å². The third kappa shape index (κ3) is 4.33. The summed E-state index contributed by atoms with van der Waals surface area (Å²) in [7, 11) is 0. The Balaban J connectivity index is 0.00000161. The van der Waals surface area contributed by atoms with Crippen LogP contribution in [0.3, 0.4) is 0 Å². The molecule has 3 heterocycles. The molecule has 3 aliphatic heterocycles. The van der Waals surface area contributed by atoms with Crippen LogP contribution in [0.4, 0.5) is 0 Å². The van der Waals surface area contributed by atoms with Crippen molar-refractivity contribution in [1.82, 2.24) is 10.2 Å². The van der Waals surface area contributed by atoms with Crippen molar-refractivity contribution in [3.63, 3.8) is 0 Å². The van der Waals surface area contributed by atoms with E-state index in [2.05, 4.69) is 10.2 Å². The fraction of sp³-hybridized carbons (Fsp3) is 0.938. The molecule has 0 bridgehead atoms. The summed E-state index contributed by atoms with van der Waals surface area (Å²) in [6.07, 6.45) is 7.84. The molecule has 4 nitrogen and oxygen atoms in total. The summed E-state index contributed by atoms with van der Waals surface area (Å²) in [4.78, 5) is 14.6. The number of piperidine rings is 1. The van der Waals surface area contributed by atoms with Crippen molar-refractivity contribution in [2.24, 2.45) is 11.3 Å². The SMILES string of the molecule is Cl.O=C(CCC1CCNC1)N1CCCC2(CCCOC2)C1. The Morgan fingerprint density at radius 1 is 1.33 bits per heavy atom. The molecule has 0 saturated carbocycles. The molecular formula is C16H29ClN2O2. The summed E-state index contributed by atoms with van der Waals surface area (Å²) in [6.45, 7) is 5.90. The summed E-state index contributed by atoms with van der Waals surface area (Å²) < 4.78 is 5.69. The van der Waals surface area contributed by atoms with Crippen LogP contribution in [0.2, 0.25) is 0 Å². The second-order valence-electron chi connectivity index (χ2n) is 6.97. The monoisotopic (exact) mass is 316 g/mol. The van der Waals surface area contributed by atoms with Gasteiger partial charge in [-0.1, -0.05) is 0 Å². The molecule has 3 rings (SSSR count). The van der Waals surface area contributed by atoms with Crippen LogP contribution in [-0.2, 0) is 9.53 Å². The van der Waals surface area contributed by atoms with E-state index in [-0.39, 0.29) is 17.8 Å². The number of nitrogens with zero attached hydrogens (tertiary/aromatic N) is 1. The number of carbonyl (C=O) groups is 1. The molecule has 3 aliphatic rings. The maximum Gasteiger partial charge on any atom is 0.222 e. The number of carbonyl (C=O) groups excluding carboxylic acids is 1. The highest BCUT2D eigenvalue weighted by Gasteiger charge is 2.38. The van der Waals surface area contributed by atoms with Crippen molar-refractivity contribution in [2.75, 3.05) is 39.4 Å². The van der Waals surface area contributed by atoms with Crippen LogP contribution < -0.4 is 5.32 Å². The van der Waals surface area contributed by atoms with Gasteiger partial charge in [-0.25, -0.2) is 0 Å². The van der Waals surface area contributed by atoms with Crippen molar-refractivity contribution in [1.29, 1.82) is 0 Å². The highest BCUT2D eigenvalue weighted by Crippen LogP contribution is 2.37. The molecule has 0 aliphatic carbocycles. The zero-order valence-corrected chi connectivity index (χ0v) is 13.8. The quantitative estimate of drug-likeness (QED) is 0.868. The average molecular weight is 317 g/mol. The molecular weight excluding hydrogens is 288 g/mol. The van der Waals surface area contributed by atoms with Crippen molar-refractivity contribution in [3.05, 3.63) is 0 Å². The minimum atomic E-state index is 0. The van der Waals surface area contributed by atoms with Crippen LogP contribution in [0.25, 0.3) is 0 Å². The van der Waals surface area contributed by atoms with Crippen LogP contribution >= 0.6 is 12.4 Å². The molecule has 2 unspecified atom stereocenters. The first-order valence-electron chi connectivity index (χ1n) is 8.34. The van der Waals surface area contributed by atoms with Gasteiger partial charge in [0.2, 0.25) is 5.91 Å². The van der Waals surface area contributed by atoms with Crippen LogP contribution in [0, 0.1) is 11.3 Å². The van der Waals surface area contributed by atoms with E-state index in [1.165, 1.54) is 19.3 Å². The number of halogens is 1. The molecule has 0 aromatic carbocycles. The van der Waals surface area contributed by atoms with Gasteiger partial charge in [-0.15, -0.1) is 12.4 Å². The smallest absolute Gasteiger partial charge is 0.222 e. The Hall–Kier alpha value is -0.320. The van der Waals surface area contributed by atoms with Gasteiger partial charge in [0.25, 0.3) is 0 Å². The van der Waals surface area contributed by atoms with E-state index in [1.54, 1.807) is 0 Å². The zero-order valence-electron chi connectivity index (χ0n) is 12.9. The summed E-state index contributed by atoms with van der Waals surface area (Å²) >= 11 is 0. The van der Waals surface area contributed by atoms with Gasteiger partial charge in [0.1, 0.15) is 0 Å². The molecule has 0 aromatic rings. The molecule has 21 heavy (non-hydrogen) atoms. The number of amides is 1. The first-order chi connectivity index (χ1) is 9.77. The highest BCUT2D eigenvalue weighted by molar-refractivity contribution is 5.85. The van der Waals surface area contributed by atoms with E-state index in [4.69, 9.17) is 4.74 Å². The van der Waals surface area contributed by atoms with Gasteiger partial charge in [0.15, 0.2) is 0 Å². The standard InChI is InChI=1S/C16H28N2O2.ClH/c19-15(4-3-14-5-8-17-11-14)18-9-1-6-16(12-18)7-2-10-20-13-16;/h14,17H,1-13H2;1H. The minimum Gasteiger partial charge on any atom is -0.381 e. The summed E-state index contributed by atoms with van der Waals surface area (Å²) in [5.41, 5.74) is 0.279. The lowest BCUT2D eigenvalue weighted by atomic mass is 9.76. The van der Waals surface area contributed by atoms with Gasteiger partial charge in [-0.05, 0) is 57.5 Å². The van der Waals surface area contributed by atoms with Crippen molar-refractivity contribution >= 4 is 18.3 Å². The molecule has 0 aromatic heterocycles. The molecule has 122 valence electrons. The van der Waals surface area contributed by atoms with Gasteiger partial charge in [-0.3, -0.25) is 4.79 Å². The van der Waals surface area contributed by atoms with E-state index in [0.29, 0.717) is 5.91 Å². The Labute approximate surface area is 134 Å². The Morgan fingerprint density at radius 2 is 2.19 bits per heavy atom. The lowest BCUT2D eigenvalue weighted by Gasteiger charge is -2.45. The van der Waals surface area contributed by atoms with Gasteiger partial charge in [-0.2, -0.15) is 0 Å². The minimum absolute atomic E-state index is 0. The number of likely N-dealkylation sites (tertiary alicyclic amines) is 1. The molecule has 5 heteroatoms. The second-order valence-corrected chi connectivity index (χ2v) is 6.97. The summed E-state index contributed by atoms with van der Waals surface area (Å²) in [6, 6.07) is 0. The zero-order chi connectivity index (χ0) is 13.8. The van der Waals surface area contributed by atoms with E-state index in [9.17, 15) is 4.79 Å². The van der Waals surface area contributed by atoms with E-state index in [1.807, 2.05) is 0 Å². The molecule has 1 amide bonds. The van der Waals surface area contributed by atoms with E-state index < -0.39 is 0 Å². The first-order valence-corrected chi connectivity index (χ1v) is 8.34. The molecule has 2 atom stereocenters. The maximum absolute atomic E-state index is 12.4. The van der Waals surface area contributed by atoms with Crippen molar-refractivity contribution in [3.8, 4) is 0 Å². The van der Waals surface area contributed by atoms with Gasteiger partial charge in [0.05, 0.1) is 6.61 Å². The molecule has 1 N–H and O–H groups in total. The van der Waals surface area contributed by atoms with Gasteiger partial charge >= 0.3 is 0 Å². The van der Waals surface area contributed by atoms with E-state index in [0.717, 1.165) is 71.0 Å². The molecule has 3 saturated heterocycles. The van der Waals surface area contributed by atoms with Crippen molar-refractivity contribution < 1.29 is 9.53 Å². The average Bonchev–Trinajstić information content (AvgIpc) is 2.99. The van der Waals surface area contributed by atoms with Crippen molar-refractivity contribution in [2.45, 2.75) is 44.9 Å². The summed E-state index contributed by atoms with van der Waals surface area (Å²) in [5, 5.41) is 3.38. The van der Waals surface area contributed by atoms with Gasteiger partial charge in [0, 0.05) is 31.5 Å². The fourth-order valence-electron chi connectivity index (χ4n) is 4.10. The van der Waals surface area contributed by atoms with Crippen LogP contribution in [0.1, 0.15) is 44.9 Å². The number of hydrogen-bond acceptors (Lipinski definition) is 3. The van der Waals surface area contributed by atoms with Crippen LogP contribution in [0.15, 0.2) is 0 Å². The first kappa shape index (κ1) is 17.0. The highest BCUT2D eigenvalue weighted by atomic mass is 35.5. The Morgan fingerprint density at radius 3 is 2.90 bits per heavy atom. The lowest BCUT2D eigenvalue weighted by molar-refractivity contribution is -0.138. The third-order valence-electron chi connectivity index (χ3n) is 5.35. The number of rotatable bonds is 3. The van der Waals surface area contributed by atoms with Crippen LogP contribution in [0.5, 0.6) is 0 Å². The Bertz CT molecular complexity index is 334. The van der Waals surface area contributed by atoms with E-state index >= 15 is 0 Å². The molecule has 1 spiro atoms. The number of ether oxygens (including phenoxy) is 1. The number of nitrogens with one attached hydrogen (secondary N) is 1. The largest absolute Gasteiger partial charge is 0.381 e.